The molecule has 4 aromatic rings. The summed E-state index contributed by atoms with van der Waals surface area (Å²) in [5.41, 5.74) is 2.00. The summed E-state index contributed by atoms with van der Waals surface area (Å²) in [4.78, 5) is 25.1. The molecule has 2 heterocycles. The normalized spacial score (nSPS) is 10.9. The number of nitrogens with zero attached hydrogens (tertiary/aromatic N) is 2. The average Bonchev–Trinajstić information content (AvgIpc) is 3.18. The van der Waals surface area contributed by atoms with E-state index in [2.05, 4.69) is 5.10 Å². The predicted octanol–water partition coefficient (Wildman–Crippen LogP) is 3.74. The molecule has 0 aliphatic carbocycles. The van der Waals surface area contributed by atoms with Gasteiger partial charge >= 0.3 is 11.9 Å². The molecule has 29 heavy (non-hydrogen) atoms. The number of hydrogen-bond acceptors (Lipinski definition) is 6. The summed E-state index contributed by atoms with van der Waals surface area (Å²) in [5.74, 6) is -0.776. The highest BCUT2D eigenvalue weighted by Gasteiger charge is 2.29. The Morgan fingerprint density at radius 3 is 2.28 bits per heavy atom. The summed E-state index contributed by atoms with van der Waals surface area (Å²) in [6.07, 6.45) is 0. The second kappa shape index (κ2) is 7.27. The summed E-state index contributed by atoms with van der Waals surface area (Å²) in [6, 6.07) is 17.1. The molecule has 0 N–H and O–H groups in total. The fourth-order valence-electron chi connectivity index (χ4n) is 3.39. The molecule has 0 unspecified atom stereocenters. The molecular weight excluding hydrogens is 372 g/mol. The lowest BCUT2D eigenvalue weighted by atomic mass is 10.0. The van der Waals surface area contributed by atoms with Gasteiger partial charge in [0.15, 0.2) is 5.69 Å². The SMILES string of the molecule is COC(=O)c1nn2c(-c3ccccc3)cc3ccc(OC)cc3c2c1C(=O)OC. The third-order valence-corrected chi connectivity index (χ3v) is 4.76. The number of hydrogen-bond donors (Lipinski definition) is 0. The first kappa shape index (κ1) is 18.5. The molecule has 0 radical (unpaired) electrons. The van der Waals surface area contributed by atoms with Crippen LogP contribution in [0.4, 0.5) is 0 Å². The molecule has 0 atom stereocenters. The van der Waals surface area contributed by atoms with Crippen LogP contribution in [0.5, 0.6) is 5.75 Å². The first-order chi connectivity index (χ1) is 14.1. The number of ether oxygens (including phenoxy) is 3. The number of benzene rings is 2. The van der Waals surface area contributed by atoms with Crippen LogP contribution in [0.25, 0.3) is 27.5 Å². The molecule has 0 spiro atoms. The quantitative estimate of drug-likeness (QED) is 0.494. The van der Waals surface area contributed by atoms with Crippen LogP contribution in [0, 0.1) is 0 Å². The van der Waals surface area contributed by atoms with Gasteiger partial charge in [-0.2, -0.15) is 5.10 Å². The van der Waals surface area contributed by atoms with E-state index in [1.54, 1.807) is 17.7 Å². The Morgan fingerprint density at radius 2 is 1.62 bits per heavy atom. The molecule has 146 valence electrons. The van der Waals surface area contributed by atoms with Gasteiger partial charge in [-0.15, -0.1) is 0 Å². The molecule has 0 saturated heterocycles. The Morgan fingerprint density at radius 1 is 0.897 bits per heavy atom. The number of rotatable bonds is 4. The molecular formula is C22H18N2O5. The van der Waals surface area contributed by atoms with Crippen LogP contribution in [0.1, 0.15) is 20.8 Å². The Balaban J connectivity index is 2.22. The van der Waals surface area contributed by atoms with Gasteiger partial charge < -0.3 is 14.2 Å². The van der Waals surface area contributed by atoms with Gasteiger partial charge in [0.2, 0.25) is 0 Å². The summed E-state index contributed by atoms with van der Waals surface area (Å²) in [7, 11) is 4.07. The molecule has 4 rings (SSSR count). The van der Waals surface area contributed by atoms with Gasteiger partial charge in [0, 0.05) is 10.9 Å². The van der Waals surface area contributed by atoms with Crippen molar-refractivity contribution in [3.05, 3.63) is 65.9 Å². The second-order valence-corrected chi connectivity index (χ2v) is 6.32. The fourth-order valence-corrected chi connectivity index (χ4v) is 3.39. The number of esters is 2. The van der Waals surface area contributed by atoms with Gasteiger partial charge in [-0.25, -0.2) is 14.1 Å². The second-order valence-electron chi connectivity index (χ2n) is 6.32. The van der Waals surface area contributed by atoms with Crippen LogP contribution in [0.15, 0.2) is 54.6 Å². The minimum absolute atomic E-state index is 0.0513. The third kappa shape index (κ3) is 2.97. The maximum Gasteiger partial charge on any atom is 0.359 e. The molecule has 0 amide bonds. The van der Waals surface area contributed by atoms with Crippen LogP contribution < -0.4 is 4.74 Å². The van der Waals surface area contributed by atoms with E-state index in [0.717, 1.165) is 16.6 Å². The van der Waals surface area contributed by atoms with E-state index in [-0.39, 0.29) is 11.3 Å². The van der Waals surface area contributed by atoms with Gasteiger partial charge in [-0.05, 0) is 23.6 Å². The Bertz CT molecular complexity index is 1240. The van der Waals surface area contributed by atoms with Gasteiger partial charge in [0.25, 0.3) is 0 Å². The smallest absolute Gasteiger partial charge is 0.359 e. The number of pyridine rings is 1. The number of carbonyl (C=O) groups is 2. The maximum absolute atomic E-state index is 12.7. The van der Waals surface area contributed by atoms with E-state index in [9.17, 15) is 9.59 Å². The number of fused-ring (bicyclic) bond motifs is 3. The summed E-state index contributed by atoms with van der Waals surface area (Å²) >= 11 is 0. The third-order valence-electron chi connectivity index (χ3n) is 4.76. The number of methoxy groups -OCH3 is 3. The van der Waals surface area contributed by atoms with Crippen LogP contribution in [0.3, 0.4) is 0 Å². The van der Waals surface area contributed by atoms with Crippen molar-refractivity contribution in [3.63, 3.8) is 0 Å². The van der Waals surface area contributed by atoms with Gasteiger partial charge in [0.1, 0.15) is 11.3 Å². The van der Waals surface area contributed by atoms with Crippen molar-refractivity contribution in [2.45, 2.75) is 0 Å². The van der Waals surface area contributed by atoms with E-state index in [1.807, 2.05) is 48.5 Å². The topological polar surface area (TPSA) is 79.1 Å². The molecule has 0 saturated carbocycles. The summed E-state index contributed by atoms with van der Waals surface area (Å²) < 4.78 is 16.7. The zero-order valence-electron chi connectivity index (χ0n) is 16.1. The Kier molecular flexibility index (Phi) is 4.64. The standard InChI is InChI=1S/C22H18N2O5/c1-27-15-10-9-14-11-17(13-7-5-4-6-8-13)24-20(16(14)12-15)18(21(25)28-2)19(23-24)22(26)29-3/h4-12H,1-3H3. The minimum Gasteiger partial charge on any atom is -0.497 e. The lowest BCUT2D eigenvalue weighted by molar-refractivity contribution is 0.0553. The highest BCUT2D eigenvalue weighted by Crippen LogP contribution is 2.34. The fraction of sp³-hybridized carbons (Fsp3) is 0.136. The van der Waals surface area contributed by atoms with Crippen LogP contribution in [0.2, 0.25) is 0 Å². The Labute approximate surface area is 166 Å². The molecule has 2 aromatic carbocycles. The van der Waals surface area contributed by atoms with Crippen molar-refractivity contribution in [1.82, 2.24) is 9.61 Å². The lowest BCUT2D eigenvalue weighted by Crippen LogP contribution is -2.10. The molecule has 7 heteroatoms. The number of carbonyl (C=O) groups excluding carboxylic acids is 2. The molecule has 0 bridgehead atoms. The van der Waals surface area contributed by atoms with Crippen molar-refractivity contribution in [2.75, 3.05) is 21.3 Å². The molecule has 0 aliphatic heterocycles. The van der Waals surface area contributed by atoms with Crippen molar-refractivity contribution < 1.29 is 23.8 Å². The first-order valence-electron chi connectivity index (χ1n) is 8.84. The highest BCUT2D eigenvalue weighted by atomic mass is 16.5. The van der Waals surface area contributed by atoms with E-state index < -0.39 is 11.9 Å². The largest absolute Gasteiger partial charge is 0.497 e. The van der Waals surface area contributed by atoms with Crippen LogP contribution >= 0.6 is 0 Å². The molecule has 2 aromatic heterocycles. The average molecular weight is 390 g/mol. The lowest BCUT2D eigenvalue weighted by Gasteiger charge is -2.11. The van der Waals surface area contributed by atoms with Crippen molar-refractivity contribution in [3.8, 4) is 17.0 Å². The predicted molar refractivity (Wildman–Crippen MR) is 107 cm³/mol. The van der Waals surface area contributed by atoms with Crippen LogP contribution in [-0.4, -0.2) is 42.9 Å². The van der Waals surface area contributed by atoms with Gasteiger partial charge in [0.05, 0.1) is 32.5 Å². The van der Waals surface area contributed by atoms with Gasteiger partial charge in [-0.1, -0.05) is 36.4 Å². The van der Waals surface area contributed by atoms with E-state index in [4.69, 9.17) is 14.2 Å². The van der Waals surface area contributed by atoms with Gasteiger partial charge in [-0.3, -0.25) is 0 Å². The summed E-state index contributed by atoms with van der Waals surface area (Å²) in [5, 5.41) is 6.00. The van der Waals surface area contributed by atoms with Crippen LogP contribution in [-0.2, 0) is 9.47 Å². The Hall–Kier alpha value is -3.87. The number of aromatic nitrogens is 2. The monoisotopic (exact) mass is 390 g/mol. The molecule has 0 aliphatic rings. The summed E-state index contributed by atoms with van der Waals surface area (Å²) in [6.45, 7) is 0. The van der Waals surface area contributed by atoms with E-state index in [0.29, 0.717) is 16.7 Å². The van der Waals surface area contributed by atoms with E-state index in [1.165, 1.54) is 14.2 Å². The molecule has 0 fully saturated rings. The minimum atomic E-state index is -0.718. The van der Waals surface area contributed by atoms with Crippen molar-refractivity contribution in [1.29, 1.82) is 0 Å². The van der Waals surface area contributed by atoms with E-state index >= 15 is 0 Å². The first-order valence-corrected chi connectivity index (χ1v) is 8.84. The molecule has 7 nitrogen and oxygen atoms in total. The zero-order chi connectivity index (χ0) is 20.5. The van der Waals surface area contributed by atoms with Crippen molar-refractivity contribution in [2.24, 2.45) is 0 Å². The maximum atomic E-state index is 12.7. The highest BCUT2D eigenvalue weighted by molar-refractivity contribution is 6.14. The zero-order valence-corrected chi connectivity index (χ0v) is 16.1. The van der Waals surface area contributed by atoms with Crippen molar-refractivity contribution >= 4 is 28.2 Å².